The molecule has 5 nitrogen and oxygen atoms in total. The smallest absolute Gasteiger partial charge is 0.177 e. The summed E-state index contributed by atoms with van der Waals surface area (Å²) >= 11 is 3.47. The molecule has 1 atom stereocenters. The monoisotopic (exact) mass is 402 g/mol. The van der Waals surface area contributed by atoms with Gasteiger partial charge in [-0.3, -0.25) is 0 Å². The number of benzene rings is 2. The average Bonchev–Trinajstić information content (AvgIpc) is 3.24. The van der Waals surface area contributed by atoms with Crippen molar-refractivity contribution in [1.82, 2.24) is 15.0 Å². The molecule has 1 aliphatic heterocycles. The van der Waals surface area contributed by atoms with E-state index in [-0.39, 0.29) is 12.0 Å². The van der Waals surface area contributed by atoms with Gasteiger partial charge in [0.05, 0.1) is 19.3 Å². The lowest BCUT2D eigenvalue weighted by molar-refractivity contribution is 0.110. The van der Waals surface area contributed by atoms with E-state index in [4.69, 9.17) is 4.74 Å². The summed E-state index contributed by atoms with van der Waals surface area (Å²) in [6, 6.07) is 14.5. The SMILES string of the molecule is Fc1ccc(N2CCO[C@@H]2c2cn(Cc3cccc(Br)c3)nn2)cc1. The number of rotatable bonds is 4. The summed E-state index contributed by atoms with van der Waals surface area (Å²) in [4.78, 5) is 2.06. The van der Waals surface area contributed by atoms with Crippen LogP contribution in [0.3, 0.4) is 0 Å². The molecule has 0 unspecified atom stereocenters. The van der Waals surface area contributed by atoms with Crippen molar-refractivity contribution in [3.8, 4) is 0 Å². The van der Waals surface area contributed by atoms with Gasteiger partial charge in [0.15, 0.2) is 6.23 Å². The summed E-state index contributed by atoms with van der Waals surface area (Å²) in [6.07, 6.45) is 1.59. The number of ether oxygens (including phenoxy) is 1. The van der Waals surface area contributed by atoms with E-state index in [2.05, 4.69) is 37.2 Å². The van der Waals surface area contributed by atoms with E-state index in [1.165, 1.54) is 12.1 Å². The molecule has 0 saturated carbocycles. The van der Waals surface area contributed by atoms with Crippen molar-refractivity contribution in [3.63, 3.8) is 0 Å². The number of hydrogen-bond acceptors (Lipinski definition) is 4. The van der Waals surface area contributed by atoms with Gasteiger partial charge in [-0.15, -0.1) is 5.10 Å². The maximum Gasteiger partial charge on any atom is 0.177 e. The highest BCUT2D eigenvalue weighted by atomic mass is 79.9. The predicted octanol–water partition coefficient (Wildman–Crippen LogP) is 3.76. The third-order valence-electron chi connectivity index (χ3n) is 4.09. The summed E-state index contributed by atoms with van der Waals surface area (Å²) in [5.41, 5.74) is 2.79. The maximum absolute atomic E-state index is 13.2. The van der Waals surface area contributed by atoms with Gasteiger partial charge in [-0.05, 0) is 42.0 Å². The Morgan fingerprint density at radius 2 is 2.04 bits per heavy atom. The van der Waals surface area contributed by atoms with Crippen molar-refractivity contribution >= 4 is 21.6 Å². The molecule has 0 aliphatic carbocycles. The molecular weight excluding hydrogens is 387 g/mol. The molecule has 0 bridgehead atoms. The van der Waals surface area contributed by atoms with Crippen LogP contribution < -0.4 is 4.90 Å². The number of halogens is 2. The van der Waals surface area contributed by atoms with Gasteiger partial charge in [0.1, 0.15) is 11.5 Å². The van der Waals surface area contributed by atoms with E-state index in [0.717, 1.165) is 28.0 Å². The van der Waals surface area contributed by atoms with Crippen LogP contribution >= 0.6 is 15.9 Å². The zero-order valence-corrected chi connectivity index (χ0v) is 14.9. The van der Waals surface area contributed by atoms with Crippen LogP contribution in [0.5, 0.6) is 0 Å². The van der Waals surface area contributed by atoms with Crippen LogP contribution in [0.1, 0.15) is 17.5 Å². The molecule has 4 rings (SSSR count). The quantitative estimate of drug-likeness (QED) is 0.666. The highest BCUT2D eigenvalue weighted by molar-refractivity contribution is 9.10. The standard InChI is InChI=1S/C18H16BrFN4O/c19-14-3-1-2-13(10-14)11-23-12-17(21-22-23)18-24(8-9-25-18)16-6-4-15(20)5-7-16/h1-7,10,12,18H,8-9,11H2/t18-/m1/s1. The fourth-order valence-corrected chi connectivity index (χ4v) is 3.38. The van der Waals surface area contributed by atoms with Gasteiger partial charge in [0.25, 0.3) is 0 Å². The molecule has 2 aromatic carbocycles. The highest BCUT2D eigenvalue weighted by Crippen LogP contribution is 2.31. The lowest BCUT2D eigenvalue weighted by Gasteiger charge is -2.23. The topological polar surface area (TPSA) is 43.2 Å². The van der Waals surface area contributed by atoms with Gasteiger partial charge in [-0.2, -0.15) is 0 Å². The lowest BCUT2D eigenvalue weighted by atomic mass is 10.2. The summed E-state index contributed by atoms with van der Waals surface area (Å²) in [7, 11) is 0. The third-order valence-corrected chi connectivity index (χ3v) is 4.59. The summed E-state index contributed by atoms with van der Waals surface area (Å²) in [5.74, 6) is -0.250. The first kappa shape index (κ1) is 16.2. The van der Waals surface area contributed by atoms with Gasteiger partial charge in [-0.25, -0.2) is 9.07 Å². The first-order valence-corrected chi connectivity index (χ1v) is 8.77. The molecule has 1 fully saturated rings. The molecule has 0 spiro atoms. The van der Waals surface area contributed by atoms with Crippen molar-refractivity contribution in [2.45, 2.75) is 12.8 Å². The third kappa shape index (κ3) is 3.57. The van der Waals surface area contributed by atoms with Gasteiger partial charge in [0, 0.05) is 16.7 Å². The molecule has 1 aliphatic rings. The fraction of sp³-hybridized carbons (Fsp3) is 0.222. The van der Waals surface area contributed by atoms with E-state index >= 15 is 0 Å². The van der Waals surface area contributed by atoms with Crippen molar-refractivity contribution < 1.29 is 9.13 Å². The van der Waals surface area contributed by atoms with Crippen molar-refractivity contribution in [2.24, 2.45) is 0 Å². The maximum atomic E-state index is 13.2. The van der Waals surface area contributed by atoms with Crippen LogP contribution in [0.15, 0.2) is 59.2 Å². The summed E-state index contributed by atoms with van der Waals surface area (Å²) in [5, 5.41) is 8.48. The van der Waals surface area contributed by atoms with Crippen molar-refractivity contribution in [1.29, 1.82) is 0 Å². The fourth-order valence-electron chi connectivity index (χ4n) is 2.94. The second-order valence-electron chi connectivity index (χ2n) is 5.86. The van der Waals surface area contributed by atoms with E-state index in [1.807, 2.05) is 24.4 Å². The number of nitrogens with zero attached hydrogens (tertiary/aromatic N) is 4. The minimum absolute atomic E-state index is 0.250. The van der Waals surface area contributed by atoms with E-state index < -0.39 is 0 Å². The number of hydrogen-bond donors (Lipinski definition) is 0. The van der Waals surface area contributed by atoms with Crippen LogP contribution in [0, 0.1) is 5.82 Å². The molecule has 0 radical (unpaired) electrons. The Labute approximate surface area is 153 Å². The lowest BCUT2D eigenvalue weighted by Crippen LogP contribution is -2.23. The van der Waals surface area contributed by atoms with Gasteiger partial charge in [-0.1, -0.05) is 33.3 Å². The van der Waals surface area contributed by atoms with E-state index in [9.17, 15) is 4.39 Å². The van der Waals surface area contributed by atoms with E-state index in [1.54, 1.807) is 16.8 Å². The zero-order chi connectivity index (χ0) is 17.2. The minimum Gasteiger partial charge on any atom is -0.350 e. The predicted molar refractivity (Wildman–Crippen MR) is 95.7 cm³/mol. The Hall–Kier alpha value is -2.25. The number of aromatic nitrogens is 3. The van der Waals surface area contributed by atoms with Crippen molar-refractivity contribution in [3.05, 3.63) is 76.3 Å². The molecule has 0 amide bonds. The molecule has 1 aromatic heterocycles. The Morgan fingerprint density at radius 3 is 2.84 bits per heavy atom. The second-order valence-corrected chi connectivity index (χ2v) is 6.78. The van der Waals surface area contributed by atoms with Crippen LogP contribution in [-0.4, -0.2) is 28.1 Å². The Kier molecular flexibility index (Phi) is 4.50. The normalized spacial score (nSPS) is 17.2. The highest BCUT2D eigenvalue weighted by Gasteiger charge is 2.29. The molecule has 1 saturated heterocycles. The van der Waals surface area contributed by atoms with Gasteiger partial charge < -0.3 is 9.64 Å². The van der Waals surface area contributed by atoms with Crippen LogP contribution in [0.25, 0.3) is 0 Å². The molecular formula is C18H16BrFN4O. The first-order chi connectivity index (χ1) is 12.2. The molecule has 128 valence electrons. The van der Waals surface area contributed by atoms with Gasteiger partial charge >= 0.3 is 0 Å². The zero-order valence-electron chi connectivity index (χ0n) is 13.3. The minimum atomic E-state index is -0.304. The van der Waals surface area contributed by atoms with Gasteiger partial charge in [0.2, 0.25) is 0 Å². The Balaban J connectivity index is 1.53. The Bertz CT molecular complexity index is 868. The molecule has 2 heterocycles. The Morgan fingerprint density at radius 1 is 1.20 bits per heavy atom. The molecule has 3 aromatic rings. The van der Waals surface area contributed by atoms with Crippen molar-refractivity contribution in [2.75, 3.05) is 18.1 Å². The first-order valence-electron chi connectivity index (χ1n) is 7.97. The average molecular weight is 403 g/mol. The molecule has 7 heteroatoms. The number of anilines is 1. The van der Waals surface area contributed by atoms with Crippen LogP contribution in [0.2, 0.25) is 0 Å². The molecule has 25 heavy (non-hydrogen) atoms. The summed E-state index contributed by atoms with van der Waals surface area (Å²) in [6.45, 7) is 1.96. The van der Waals surface area contributed by atoms with E-state index in [0.29, 0.717) is 13.2 Å². The largest absolute Gasteiger partial charge is 0.350 e. The van der Waals surface area contributed by atoms with Crippen LogP contribution in [0.4, 0.5) is 10.1 Å². The molecule has 0 N–H and O–H groups in total. The second kappa shape index (κ2) is 6.93. The van der Waals surface area contributed by atoms with Crippen LogP contribution in [-0.2, 0) is 11.3 Å². The summed E-state index contributed by atoms with van der Waals surface area (Å²) < 4.78 is 21.8.